The van der Waals surface area contributed by atoms with E-state index in [1.165, 1.54) is 6.07 Å². The Morgan fingerprint density at radius 1 is 1.42 bits per heavy atom. The lowest BCUT2D eigenvalue weighted by molar-refractivity contribution is -0.384. The molecule has 0 amide bonds. The van der Waals surface area contributed by atoms with E-state index in [-0.39, 0.29) is 22.7 Å². The van der Waals surface area contributed by atoms with Crippen molar-refractivity contribution in [1.29, 1.82) is 0 Å². The lowest BCUT2D eigenvalue weighted by Crippen LogP contribution is -2.33. The average molecular weight is 266 g/mol. The Morgan fingerprint density at radius 2 is 2.16 bits per heavy atom. The Hall–Kier alpha value is -1.46. The monoisotopic (exact) mass is 266 g/mol. The van der Waals surface area contributed by atoms with Crippen LogP contribution in [0.1, 0.15) is 38.8 Å². The first-order valence-corrected chi connectivity index (χ1v) is 6.66. The Morgan fingerprint density at radius 3 is 2.74 bits per heavy atom. The number of nitro groups is 1. The maximum atomic E-state index is 10.8. The Labute approximate surface area is 114 Å². The van der Waals surface area contributed by atoms with E-state index in [0.29, 0.717) is 13.2 Å². The summed E-state index contributed by atoms with van der Waals surface area (Å²) >= 11 is 0. The molecule has 19 heavy (non-hydrogen) atoms. The van der Waals surface area contributed by atoms with Crippen molar-refractivity contribution in [2.45, 2.75) is 39.3 Å². The van der Waals surface area contributed by atoms with Crippen LogP contribution in [0.2, 0.25) is 0 Å². The molecule has 1 N–H and O–H groups in total. The second-order valence-electron chi connectivity index (χ2n) is 4.54. The van der Waals surface area contributed by atoms with Crippen molar-refractivity contribution in [1.82, 2.24) is 5.32 Å². The predicted octanol–water partition coefficient (Wildman–Crippen LogP) is 3.06. The van der Waals surface area contributed by atoms with Crippen molar-refractivity contribution in [2.75, 3.05) is 13.2 Å². The van der Waals surface area contributed by atoms with Crippen LogP contribution in [-0.4, -0.2) is 24.2 Å². The number of nitro benzene ring substituents is 1. The maximum Gasteiger partial charge on any atom is 0.269 e. The summed E-state index contributed by atoms with van der Waals surface area (Å²) in [5.41, 5.74) is 1.08. The number of ether oxygens (including phenoxy) is 1. The Kier molecular flexibility index (Phi) is 6.45. The minimum Gasteiger partial charge on any atom is -0.380 e. The van der Waals surface area contributed by atoms with Crippen LogP contribution in [0.3, 0.4) is 0 Å². The number of benzene rings is 1. The largest absolute Gasteiger partial charge is 0.380 e. The fraction of sp³-hybridized carbons (Fsp3) is 0.571. The summed E-state index contributed by atoms with van der Waals surface area (Å²) in [6, 6.07) is 7.11. The van der Waals surface area contributed by atoms with Crippen molar-refractivity contribution < 1.29 is 9.66 Å². The van der Waals surface area contributed by atoms with E-state index in [4.69, 9.17) is 4.74 Å². The van der Waals surface area contributed by atoms with Gasteiger partial charge < -0.3 is 10.1 Å². The molecule has 0 aliphatic rings. The molecule has 1 aromatic rings. The normalized spacial score (nSPS) is 14.1. The van der Waals surface area contributed by atoms with E-state index in [9.17, 15) is 10.1 Å². The molecule has 106 valence electrons. The number of hydrogen-bond donors (Lipinski definition) is 1. The molecule has 1 rings (SSSR count). The number of rotatable bonds is 8. The molecule has 5 nitrogen and oxygen atoms in total. The van der Waals surface area contributed by atoms with E-state index in [2.05, 4.69) is 19.2 Å². The van der Waals surface area contributed by atoms with Crippen LogP contribution in [-0.2, 0) is 4.74 Å². The minimum atomic E-state index is -0.361. The molecule has 1 aromatic carbocycles. The third-order valence-corrected chi connectivity index (χ3v) is 2.95. The highest BCUT2D eigenvalue weighted by atomic mass is 16.6. The van der Waals surface area contributed by atoms with Gasteiger partial charge >= 0.3 is 0 Å². The molecule has 0 fully saturated rings. The zero-order valence-corrected chi connectivity index (χ0v) is 11.8. The highest BCUT2D eigenvalue weighted by Gasteiger charge is 2.15. The molecule has 2 atom stereocenters. The first-order chi connectivity index (χ1) is 9.08. The van der Waals surface area contributed by atoms with Gasteiger partial charge in [-0.1, -0.05) is 19.1 Å². The molecule has 0 aromatic heterocycles. The molecule has 0 saturated carbocycles. The summed E-state index contributed by atoms with van der Waals surface area (Å²) in [5, 5.41) is 14.2. The van der Waals surface area contributed by atoms with E-state index >= 15 is 0 Å². The first-order valence-electron chi connectivity index (χ1n) is 6.66. The van der Waals surface area contributed by atoms with Gasteiger partial charge in [-0.3, -0.25) is 10.1 Å². The maximum absolute atomic E-state index is 10.8. The number of non-ortho nitro benzene ring substituents is 1. The molecule has 0 saturated heterocycles. The van der Waals surface area contributed by atoms with Gasteiger partial charge in [0.2, 0.25) is 0 Å². The van der Waals surface area contributed by atoms with E-state index in [1.54, 1.807) is 12.1 Å². The summed E-state index contributed by atoms with van der Waals surface area (Å²) < 4.78 is 5.37. The van der Waals surface area contributed by atoms with Gasteiger partial charge in [-0.15, -0.1) is 0 Å². The molecule has 2 unspecified atom stereocenters. The molecule has 0 aliphatic heterocycles. The van der Waals surface area contributed by atoms with Gasteiger partial charge in [-0.2, -0.15) is 0 Å². The topological polar surface area (TPSA) is 64.4 Å². The van der Waals surface area contributed by atoms with Gasteiger partial charge in [0.1, 0.15) is 0 Å². The van der Waals surface area contributed by atoms with Crippen LogP contribution in [0.25, 0.3) is 0 Å². The SMILES string of the molecule is CCOCC(C)NC(CC)c1cccc([N+](=O)[O-])c1. The lowest BCUT2D eigenvalue weighted by Gasteiger charge is -2.22. The smallest absolute Gasteiger partial charge is 0.269 e. The van der Waals surface area contributed by atoms with E-state index in [0.717, 1.165) is 12.0 Å². The highest BCUT2D eigenvalue weighted by Crippen LogP contribution is 2.22. The standard InChI is InChI=1S/C14H22N2O3/c1-4-14(15-11(3)10-19-5-2)12-7-6-8-13(9-12)16(17)18/h6-9,11,14-15H,4-5,10H2,1-3H3. The average Bonchev–Trinajstić information content (AvgIpc) is 2.42. The van der Waals surface area contributed by atoms with Crippen molar-refractivity contribution >= 4 is 5.69 Å². The zero-order valence-electron chi connectivity index (χ0n) is 11.8. The number of hydrogen-bond acceptors (Lipinski definition) is 4. The van der Waals surface area contributed by atoms with Crippen molar-refractivity contribution in [3.8, 4) is 0 Å². The summed E-state index contributed by atoms with van der Waals surface area (Å²) in [6.07, 6.45) is 0.873. The van der Waals surface area contributed by atoms with E-state index < -0.39 is 0 Å². The molecule has 0 bridgehead atoms. The second kappa shape index (κ2) is 7.86. The van der Waals surface area contributed by atoms with Gasteiger partial charge in [0, 0.05) is 30.8 Å². The summed E-state index contributed by atoms with van der Waals surface area (Å²) in [5.74, 6) is 0. The minimum absolute atomic E-state index is 0.107. The van der Waals surface area contributed by atoms with Crippen LogP contribution in [0.15, 0.2) is 24.3 Å². The Balaban J connectivity index is 2.73. The third-order valence-electron chi connectivity index (χ3n) is 2.95. The molecular formula is C14H22N2O3. The van der Waals surface area contributed by atoms with E-state index in [1.807, 2.05) is 13.0 Å². The fourth-order valence-electron chi connectivity index (χ4n) is 1.99. The van der Waals surface area contributed by atoms with Crippen molar-refractivity contribution in [3.63, 3.8) is 0 Å². The lowest BCUT2D eigenvalue weighted by atomic mass is 10.0. The van der Waals surface area contributed by atoms with Crippen LogP contribution in [0.5, 0.6) is 0 Å². The molecular weight excluding hydrogens is 244 g/mol. The zero-order chi connectivity index (χ0) is 14.3. The predicted molar refractivity (Wildman–Crippen MR) is 75.2 cm³/mol. The molecule has 0 radical (unpaired) electrons. The van der Waals surface area contributed by atoms with Crippen LogP contribution < -0.4 is 5.32 Å². The van der Waals surface area contributed by atoms with Crippen LogP contribution >= 0.6 is 0 Å². The van der Waals surface area contributed by atoms with Gasteiger partial charge in [-0.05, 0) is 25.8 Å². The van der Waals surface area contributed by atoms with Gasteiger partial charge in [-0.25, -0.2) is 0 Å². The summed E-state index contributed by atoms with van der Waals surface area (Å²) in [4.78, 5) is 10.4. The molecule has 0 heterocycles. The number of nitrogens with zero attached hydrogens (tertiary/aromatic N) is 1. The fourth-order valence-corrected chi connectivity index (χ4v) is 1.99. The summed E-state index contributed by atoms with van der Waals surface area (Å²) in [6.45, 7) is 7.41. The van der Waals surface area contributed by atoms with Gasteiger partial charge in [0.15, 0.2) is 0 Å². The third kappa shape index (κ3) is 4.96. The van der Waals surface area contributed by atoms with Gasteiger partial charge in [0.05, 0.1) is 11.5 Å². The molecule has 5 heteroatoms. The summed E-state index contributed by atoms with van der Waals surface area (Å²) in [7, 11) is 0. The Bertz CT molecular complexity index is 409. The van der Waals surface area contributed by atoms with Crippen molar-refractivity contribution in [3.05, 3.63) is 39.9 Å². The first kappa shape index (κ1) is 15.6. The highest BCUT2D eigenvalue weighted by molar-refractivity contribution is 5.35. The van der Waals surface area contributed by atoms with Crippen LogP contribution in [0, 0.1) is 10.1 Å². The van der Waals surface area contributed by atoms with Crippen molar-refractivity contribution in [2.24, 2.45) is 0 Å². The van der Waals surface area contributed by atoms with Gasteiger partial charge in [0.25, 0.3) is 5.69 Å². The quantitative estimate of drug-likeness (QED) is 0.580. The molecule has 0 aliphatic carbocycles. The molecule has 0 spiro atoms. The second-order valence-corrected chi connectivity index (χ2v) is 4.54. The van der Waals surface area contributed by atoms with Crippen LogP contribution in [0.4, 0.5) is 5.69 Å². The number of nitrogens with one attached hydrogen (secondary N) is 1.